The lowest BCUT2D eigenvalue weighted by molar-refractivity contribution is -0.384. The number of amides is 1. The highest BCUT2D eigenvalue weighted by Crippen LogP contribution is 2.43. The molecule has 0 radical (unpaired) electrons. The Kier molecular flexibility index (Phi) is 5.68. The quantitative estimate of drug-likeness (QED) is 0.220. The molecule has 1 amide bonds. The van der Waals surface area contributed by atoms with E-state index in [9.17, 15) is 24.8 Å². The van der Waals surface area contributed by atoms with Crippen LogP contribution in [0.4, 0.5) is 11.4 Å². The van der Waals surface area contributed by atoms with Crippen LogP contribution in [0.1, 0.15) is 21.4 Å². The van der Waals surface area contributed by atoms with Gasteiger partial charge in [0.05, 0.1) is 16.5 Å². The number of nitrogens with zero attached hydrogens (tertiary/aromatic N) is 3. The van der Waals surface area contributed by atoms with Gasteiger partial charge in [-0.3, -0.25) is 24.6 Å². The molecule has 1 atom stereocenters. The van der Waals surface area contributed by atoms with Crippen LogP contribution in [0.5, 0.6) is 0 Å². The van der Waals surface area contributed by atoms with Crippen molar-refractivity contribution in [3.63, 3.8) is 0 Å². The van der Waals surface area contributed by atoms with Gasteiger partial charge in [0.15, 0.2) is 10.8 Å². The molecule has 1 aromatic heterocycles. The summed E-state index contributed by atoms with van der Waals surface area (Å²) < 4.78 is 0. The van der Waals surface area contributed by atoms with Gasteiger partial charge in [-0.15, -0.1) is 11.3 Å². The fraction of sp³-hybridized carbons (Fsp3) is 0.0385. The maximum absolute atomic E-state index is 13.3. The Labute approximate surface area is 203 Å². The number of aliphatic hydroxyl groups excluding tert-OH is 1. The van der Waals surface area contributed by atoms with Gasteiger partial charge in [0.2, 0.25) is 5.78 Å². The van der Waals surface area contributed by atoms with Gasteiger partial charge in [-0.25, -0.2) is 4.98 Å². The number of hydrogen-bond acceptors (Lipinski definition) is 7. The lowest BCUT2D eigenvalue weighted by Crippen LogP contribution is -2.31. The van der Waals surface area contributed by atoms with E-state index in [4.69, 9.17) is 0 Å². The predicted molar refractivity (Wildman–Crippen MR) is 131 cm³/mol. The number of non-ortho nitro benzene ring substituents is 1. The second kappa shape index (κ2) is 8.96. The second-order valence-corrected chi connectivity index (χ2v) is 8.67. The monoisotopic (exact) mass is 483 g/mol. The highest BCUT2D eigenvalue weighted by Gasteiger charge is 2.45. The SMILES string of the molecule is O=C(C1=C(O)C(=O)N(c2cccc(-c3ccccc3)c2)C1c1ccc([N+](=O)[O-])cc1)c1nccs1. The molecule has 172 valence electrons. The van der Waals surface area contributed by atoms with E-state index in [2.05, 4.69) is 4.98 Å². The Bertz CT molecular complexity index is 1460. The van der Waals surface area contributed by atoms with Crippen molar-refractivity contribution < 1.29 is 19.6 Å². The fourth-order valence-electron chi connectivity index (χ4n) is 4.11. The summed E-state index contributed by atoms with van der Waals surface area (Å²) in [5, 5.41) is 23.8. The molecule has 0 saturated carbocycles. The number of nitro groups is 1. The summed E-state index contributed by atoms with van der Waals surface area (Å²) in [4.78, 5) is 42.7. The Balaban J connectivity index is 1.65. The van der Waals surface area contributed by atoms with Gasteiger partial charge >= 0.3 is 0 Å². The highest BCUT2D eigenvalue weighted by molar-refractivity contribution is 7.11. The molecule has 1 N–H and O–H groups in total. The molecule has 0 bridgehead atoms. The molecule has 3 aromatic carbocycles. The zero-order valence-corrected chi connectivity index (χ0v) is 18.9. The van der Waals surface area contributed by atoms with Crippen LogP contribution in [0.3, 0.4) is 0 Å². The lowest BCUT2D eigenvalue weighted by atomic mass is 9.95. The number of thiazole rings is 1. The summed E-state index contributed by atoms with van der Waals surface area (Å²) >= 11 is 1.10. The number of ketones is 1. The molecular weight excluding hydrogens is 466 g/mol. The van der Waals surface area contributed by atoms with Crippen molar-refractivity contribution in [3.8, 4) is 11.1 Å². The number of Topliss-reactive ketones (excluding diaryl/α,β-unsaturated/α-hetero) is 1. The summed E-state index contributed by atoms with van der Waals surface area (Å²) in [5.74, 6) is -1.98. The molecule has 0 fully saturated rings. The highest BCUT2D eigenvalue weighted by atomic mass is 32.1. The van der Waals surface area contributed by atoms with Crippen molar-refractivity contribution in [2.24, 2.45) is 0 Å². The van der Waals surface area contributed by atoms with E-state index in [1.54, 1.807) is 23.6 Å². The van der Waals surface area contributed by atoms with Crippen molar-refractivity contribution in [2.75, 3.05) is 4.90 Å². The van der Waals surface area contributed by atoms with Gasteiger partial charge in [0, 0.05) is 29.4 Å². The molecular formula is C26H17N3O5S. The van der Waals surface area contributed by atoms with E-state index in [1.165, 1.54) is 35.4 Å². The van der Waals surface area contributed by atoms with Crippen molar-refractivity contribution >= 4 is 34.4 Å². The standard InChI is InChI=1S/C26H17N3O5S/c30-23(25-27-13-14-35-25)21-22(17-9-11-19(12-10-17)29(33)34)28(26(32)24(21)31)20-8-4-7-18(15-20)16-5-2-1-3-6-16/h1-15,22,31H. The Morgan fingerprint density at radius 2 is 1.71 bits per heavy atom. The van der Waals surface area contributed by atoms with Crippen molar-refractivity contribution in [3.05, 3.63) is 122 Å². The van der Waals surface area contributed by atoms with Crippen LogP contribution >= 0.6 is 11.3 Å². The van der Waals surface area contributed by atoms with Crippen molar-refractivity contribution in [2.45, 2.75) is 6.04 Å². The van der Waals surface area contributed by atoms with Gasteiger partial charge in [-0.2, -0.15) is 0 Å². The first-order valence-electron chi connectivity index (χ1n) is 10.6. The van der Waals surface area contributed by atoms with Crippen LogP contribution < -0.4 is 4.90 Å². The lowest BCUT2D eigenvalue weighted by Gasteiger charge is -2.27. The molecule has 2 heterocycles. The topological polar surface area (TPSA) is 114 Å². The number of aliphatic hydroxyl groups is 1. The normalized spacial score (nSPS) is 15.5. The number of anilines is 1. The summed E-state index contributed by atoms with van der Waals surface area (Å²) in [6, 6.07) is 21.4. The zero-order chi connectivity index (χ0) is 24.5. The minimum absolute atomic E-state index is 0.121. The van der Waals surface area contributed by atoms with E-state index < -0.39 is 28.4 Å². The van der Waals surface area contributed by atoms with E-state index in [-0.39, 0.29) is 16.3 Å². The first-order chi connectivity index (χ1) is 17.0. The van der Waals surface area contributed by atoms with Crippen LogP contribution in [-0.4, -0.2) is 26.7 Å². The Morgan fingerprint density at radius 1 is 1.00 bits per heavy atom. The third-order valence-corrected chi connectivity index (χ3v) is 6.50. The number of aromatic nitrogens is 1. The fourth-order valence-corrected chi connectivity index (χ4v) is 4.70. The molecule has 5 rings (SSSR count). The van der Waals surface area contributed by atoms with Gasteiger partial charge in [-0.05, 0) is 41.0 Å². The molecule has 4 aromatic rings. The van der Waals surface area contributed by atoms with Gasteiger partial charge < -0.3 is 5.11 Å². The first kappa shape index (κ1) is 22.2. The van der Waals surface area contributed by atoms with Crippen LogP contribution in [-0.2, 0) is 4.79 Å². The molecule has 1 aliphatic rings. The Morgan fingerprint density at radius 3 is 2.37 bits per heavy atom. The number of carbonyl (C=O) groups is 2. The number of nitro benzene ring substituents is 1. The minimum atomic E-state index is -0.995. The molecule has 9 heteroatoms. The largest absolute Gasteiger partial charge is 0.503 e. The summed E-state index contributed by atoms with van der Waals surface area (Å²) in [7, 11) is 0. The second-order valence-electron chi connectivity index (χ2n) is 7.77. The summed E-state index contributed by atoms with van der Waals surface area (Å²) in [6.07, 6.45) is 1.47. The van der Waals surface area contributed by atoms with Crippen LogP contribution in [0.15, 0.2) is 102 Å². The number of benzene rings is 3. The van der Waals surface area contributed by atoms with E-state index >= 15 is 0 Å². The number of carbonyl (C=O) groups excluding carboxylic acids is 2. The average molecular weight is 484 g/mol. The van der Waals surface area contributed by atoms with Crippen molar-refractivity contribution in [1.82, 2.24) is 4.98 Å². The number of hydrogen-bond donors (Lipinski definition) is 1. The molecule has 35 heavy (non-hydrogen) atoms. The average Bonchev–Trinajstić information content (AvgIpc) is 3.52. The Hall–Kier alpha value is -4.63. The smallest absolute Gasteiger partial charge is 0.294 e. The molecule has 0 spiro atoms. The van der Waals surface area contributed by atoms with Crippen molar-refractivity contribution in [1.29, 1.82) is 0 Å². The molecule has 1 unspecified atom stereocenters. The van der Waals surface area contributed by atoms with Gasteiger partial charge in [0.25, 0.3) is 11.6 Å². The molecule has 0 saturated heterocycles. The maximum atomic E-state index is 13.3. The number of rotatable bonds is 6. The van der Waals surface area contributed by atoms with Gasteiger partial charge in [-0.1, -0.05) is 42.5 Å². The molecule has 1 aliphatic heterocycles. The third kappa shape index (κ3) is 3.98. The zero-order valence-electron chi connectivity index (χ0n) is 18.1. The third-order valence-electron chi connectivity index (χ3n) is 5.73. The first-order valence-corrected chi connectivity index (χ1v) is 11.4. The minimum Gasteiger partial charge on any atom is -0.503 e. The maximum Gasteiger partial charge on any atom is 0.294 e. The van der Waals surface area contributed by atoms with Crippen LogP contribution in [0.2, 0.25) is 0 Å². The van der Waals surface area contributed by atoms with E-state index in [1.807, 2.05) is 36.4 Å². The van der Waals surface area contributed by atoms with Crippen LogP contribution in [0, 0.1) is 10.1 Å². The van der Waals surface area contributed by atoms with Crippen LogP contribution in [0.25, 0.3) is 11.1 Å². The summed E-state index contributed by atoms with van der Waals surface area (Å²) in [6.45, 7) is 0. The molecule has 8 nitrogen and oxygen atoms in total. The molecule has 0 aliphatic carbocycles. The van der Waals surface area contributed by atoms with Gasteiger partial charge in [0.1, 0.15) is 0 Å². The van der Waals surface area contributed by atoms with E-state index in [0.717, 1.165) is 22.5 Å². The van der Waals surface area contributed by atoms with E-state index in [0.29, 0.717) is 11.3 Å². The summed E-state index contributed by atoms with van der Waals surface area (Å²) in [5.41, 5.74) is 2.44. The predicted octanol–water partition coefficient (Wildman–Crippen LogP) is 5.50.